The zero-order chi connectivity index (χ0) is 17.4. The number of carbonyl (C=O) groups is 1. The van der Waals surface area contributed by atoms with Crippen LogP contribution in [0.5, 0.6) is 0 Å². The van der Waals surface area contributed by atoms with Crippen molar-refractivity contribution in [3.05, 3.63) is 69.6 Å². The van der Waals surface area contributed by atoms with Crippen molar-refractivity contribution in [2.24, 2.45) is 0 Å². The van der Waals surface area contributed by atoms with Crippen LogP contribution in [-0.4, -0.2) is 32.5 Å². The molecule has 3 aromatic rings. The van der Waals surface area contributed by atoms with E-state index >= 15 is 0 Å². The number of aromatic nitrogens is 3. The maximum absolute atomic E-state index is 12.7. The summed E-state index contributed by atoms with van der Waals surface area (Å²) in [5, 5.41) is 3.98. The largest absolute Gasteiger partial charge is 0.350 e. The Morgan fingerprint density at radius 1 is 1.28 bits per heavy atom. The molecule has 0 saturated carbocycles. The number of hydrogen-bond acceptors (Lipinski definition) is 5. The summed E-state index contributed by atoms with van der Waals surface area (Å²) in [4.78, 5) is 33.3. The van der Waals surface area contributed by atoms with Crippen LogP contribution >= 0.6 is 0 Å². The van der Waals surface area contributed by atoms with E-state index in [1.807, 2.05) is 30.3 Å². The highest BCUT2D eigenvalue weighted by Crippen LogP contribution is 2.21. The lowest BCUT2D eigenvalue weighted by Crippen LogP contribution is -2.39. The average Bonchev–Trinajstić information content (AvgIpc) is 3.11. The van der Waals surface area contributed by atoms with Gasteiger partial charge in [-0.2, -0.15) is 0 Å². The monoisotopic (exact) mass is 336 g/mol. The van der Waals surface area contributed by atoms with Gasteiger partial charge in [0.1, 0.15) is 11.5 Å². The summed E-state index contributed by atoms with van der Waals surface area (Å²) in [7, 11) is 0. The number of carbonyl (C=O) groups excluding carboxylic acids is 1. The number of nitrogens with one attached hydrogen (secondary N) is 1. The van der Waals surface area contributed by atoms with E-state index in [1.54, 1.807) is 17.9 Å². The first kappa shape index (κ1) is 15.3. The summed E-state index contributed by atoms with van der Waals surface area (Å²) in [5.41, 5.74) is 2.67. The van der Waals surface area contributed by atoms with Crippen LogP contribution in [0.15, 0.2) is 45.7 Å². The summed E-state index contributed by atoms with van der Waals surface area (Å²) in [5.74, 6) is 0.480. The molecule has 1 aliphatic heterocycles. The zero-order valence-corrected chi connectivity index (χ0v) is 13.7. The number of nitrogens with zero attached hydrogens (tertiary/aromatic N) is 3. The first-order chi connectivity index (χ1) is 12.1. The maximum Gasteiger partial charge on any atom is 0.292 e. The predicted molar refractivity (Wildman–Crippen MR) is 90.0 cm³/mol. The van der Waals surface area contributed by atoms with Crippen molar-refractivity contribution in [1.29, 1.82) is 0 Å². The van der Waals surface area contributed by atoms with Crippen molar-refractivity contribution in [2.75, 3.05) is 6.54 Å². The molecule has 7 nitrogen and oxygen atoms in total. The standard InChI is InChI=1S/C18H16N4O3/c1-11-19-15-10-22(8-7-13(15)17(23)20-11)18(24)16-9-14(21-25-16)12-5-3-2-4-6-12/h2-6,9H,7-8,10H2,1H3,(H,19,20,23). The van der Waals surface area contributed by atoms with Crippen molar-refractivity contribution in [1.82, 2.24) is 20.0 Å². The van der Waals surface area contributed by atoms with Gasteiger partial charge in [-0.1, -0.05) is 35.5 Å². The highest BCUT2D eigenvalue weighted by Gasteiger charge is 2.27. The van der Waals surface area contributed by atoms with E-state index in [0.29, 0.717) is 42.3 Å². The Hall–Kier alpha value is -3.22. The Bertz CT molecular complexity index is 991. The molecular formula is C18H16N4O3. The average molecular weight is 336 g/mol. The number of amides is 1. The van der Waals surface area contributed by atoms with E-state index in [2.05, 4.69) is 15.1 Å². The quantitative estimate of drug-likeness (QED) is 0.772. The molecule has 0 unspecified atom stereocenters. The van der Waals surface area contributed by atoms with Crippen LogP contribution in [0.1, 0.15) is 27.6 Å². The Labute approximate surface area is 143 Å². The van der Waals surface area contributed by atoms with Crippen molar-refractivity contribution >= 4 is 5.91 Å². The lowest BCUT2D eigenvalue weighted by Gasteiger charge is -2.26. The van der Waals surface area contributed by atoms with E-state index in [-0.39, 0.29) is 17.2 Å². The van der Waals surface area contributed by atoms with Crippen molar-refractivity contribution in [3.8, 4) is 11.3 Å². The molecule has 3 heterocycles. The molecule has 4 rings (SSSR count). The van der Waals surface area contributed by atoms with E-state index in [0.717, 1.165) is 5.56 Å². The minimum Gasteiger partial charge on any atom is -0.350 e. The highest BCUT2D eigenvalue weighted by molar-refractivity contribution is 5.92. The van der Waals surface area contributed by atoms with Gasteiger partial charge < -0.3 is 14.4 Å². The highest BCUT2D eigenvalue weighted by atomic mass is 16.5. The lowest BCUT2D eigenvalue weighted by molar-refractivity contribution is 0.0689. The van der Waals surface area contributed by atoms with Crippen LogP contribution < -0.4 is 5.56 Å². The van der Waals surface area contributed by atoms with Crippen molar-refractivity contribution in [2.45, 2.75) is 19.9 Å². The van der Waals surface area contributed by atoms with E-state index in [4.69, 9.17) is 4.52 Å². The summed E-state index contributed by atoms with van der Waals surface area (Å²) in [6.07, 6.45) is 0.476. The number of rotatable bonds is 2. The van der Waals surface area contributed by atoms with Crippen LogP contribution in [0.25, 0.3) is 11.3 Å². The van der Waals surface area contributed by atoms with Gasteiger partial charge in [0.25, 0.3) is 11.5 Å². The van der Waals surface area contributed by atoms with E-state index < -0.39 is 0 Å². The van der Waals surface area contributed by atoms with Crippen LogP contribution in [-0.2, 0) is 13.0 Å². The molecule has 126 valence electrons. The molecule has 0 saturated heterocycles. The topological polar surface area (TPSA) is 92.1 Å². The number of H-pyrrole nitrogens is 1. The fraction of sp³-hybridized carbons (Fsp3) is 0.222. The Morgan fingerprint density at radius 2 is 2.08 bits per heavy atom. The third-order valence-corrected chi connectivity index (χ3v) is 4.27. The van der Waals surface area contributed by atoms with Crippen molar-refractivity contribution < 1.29 is 9.32 Å². The SMILES string of the molecule is Cc1nc2c(c(=O)[nH]1)CCN(C(=O)c1cc(-c3ccccc3)no1)C2. The van der Waals surface area contributed by atoms with Crippen LogP contribution in [0.3, 0.4) is 0 Å². The molecule has 0 aliphatic carbocycles. The second-order valence-corrected chi connectivity index (χ2v) is 6.00. The summed E-state index contributed by atoms with van der Waals surface area (Å²) in [6.45, 7) is 2.46. The molecule has 1 aliphatic rings. The lowest BCUT2D eigenvalue weighted by atomic mass is 10.1. The third kappa shape index (κ3) is 2.84. The first-order valence-electron chi connectivity index (χ1n) is 8.02. The normalized spacial score (nSPS) is 13.6. The summed E-state index contributed by atoms with van der Waals surface area (Å²) >= 11 is 0. The van der Waals surface area contributed by atoms with Crippen LogP contribution in [0.2, 0.25) is 0 Å². The molecule has 0 bridgehead atoms. The van der Waals surface area contributed by atoms with Crippen LogP contribution in [0.4, 0.5) is 0 Å². The van der Waals surface area contributed by atoms with E-state index in [9.17, 15) is 9.59 Å². The zero-order valence-electron chi connectivity index (χ0n) is 13.7. The number of fused-ring (bicyclic) bond motifs is 1. The molecule has 0 spiro atoms. The molecule has 1 aromatic carbocycles. The van der Waals surface area contributed by atoms with Gasteiger partial charge >= 0.3 is 0 Å². The Kier molecular flexibility index (Phi) is 3.68. The molecule has 0 radical (unpaired) electrons. The maximum atomic E-state index is 12.7. The predicted octanol–water partition coefficient (Wildman–Crippen LogP) is 1.93. The molecule has 2 aromatic heterocycles. The van der Waals surface area contributed by atoms with Crippen molar-refractivity contribution in [3.63, 3.8) is 0 Å². The minimum atomic E-state index is -0.250. The van der Waals surface area contributed by atoms with Gasteiger partial charge in [-0.25, -0.2) is 4.98 Å². The molecule has 0 fully saturated rings. The van der Waals surface area contributed by atoms with Gasteiger partial charge in [-0.05, 0) is 13.3 Å². The van der Waals surface area contributed by atoms with Crippen LogP contribution in [0, 0.1) is 6.92 Å². The van der Waals surface area contributed by atoms with Gasteiger partial charge in [-0.15, -0.1) is 0 Å². The second kappa shape index (κ2) is 6.01. The van der Waals surface area contributed by atoms with E-state index in [1.165, 1.54) is 0 Å². The molecule has 1 N–H and O–H groups in total. The number of aryl methyl sites for hydroxylation is 1. The summed E-state index contributed by atoms with van der Waals surface area (Å²) in [6, 6.07) is 11.2. The number of benzene rings is 1. The minimum absolute atomic E-state index is 0.124. The third-order valence-electron chi connectivity index (χ3n) is 4.27. The Morgan fingerprint density at radius 3 is 2.88 bits per heavy atom. The molecule has 0 atom stereocenters. The van der Waals surface area contributed by atoms with Gasteiger partial charge in [-0.3, -0.25) is 9.59 Å². The number of hydrogen-bond donors (Lipinski definition) is 1. The summed E-state index contributed by atoms with van der Waals surface area (Å²) < 4.78 is 5.24. The van der Waals surface area contributed by atoms with Gasteiger partial charge in [0, 0.05) is 23.7 Å². The van der Waals surface area contributed by atoms with Gasteiger partial charge in [0.05, 0.1) is 12.2 Å². The second-order valence-electron chi connectivity index (χ2n) is 6.00. The molecular weight excluding hydrogens is 320 g/mol. The molecule has 25 heavy (non-hydrogen) atoms. The van der Waals surface area contributed by atoms with Gasteiger partial charge in [0.15, 0.2) is 0 Å². The molecule has 1 amide bonds. The first-order valence-corrected chi connectivity index (χ1v) is 8.02. The smallest absolute Gasteiger partial charge is 0.292 e. The van der Waals surface area contributed by atoms with Gasteiger partial charge in [0.2, 0.25) is 5.76 Å². The Balaban J connectivity index is 1.58. The fourth-order valence-electron chi connectivity index (χ4n) is 3.01. The number of aromatic amines is 1. The molecule has 7 heteroatoms. The fourth-order valence-corrected chi connectivity index (χ4v) is 3.01.